The molecule has 0 amide bonds. The van der Waals surface area contributed by atoms with Crippen molar-refractivity contribution >= 4 is 23.9 Å². The molecule has 3 nitrogen and oxygen atoms in total. The number of methoxy groups -OCH3 is 2. The van der Waals surface area contributed by atoms with Gasteiger partial charge in [-0.25, -0.2) is 0 Å². The minimum Gasteiger partial charge on any atom is -0.352 e. The molecule has 4 heteroatoms. The number of hydrogen-bond donors (Lipinski definition) is 0. The average Bonchev–Trinajstić information content (AvgIpc) is 2.64. The van der Waals surface area contributed by atoms with Gasteiger partial charge in [-0.3, -0.25) is 5.32 Å². The van der Waals surface area contributed by atoms with Gasteiger partial charge in [-0.1, -0.05) is 80.1 Å². The topological polar surface area (TPSA) is 32.6 Å². The normalized spacial score (nSPS) is 10.6. The van der Waals surface area contributed by atoms with Crippen LogP contribution in [0.15, 0.2) is 29.8 Å². The zero-order chi connectivity index (χ0) is 18.3. The zero-order valence-corrected chi connectivity index (χ0v) is 19.3. The molecule has 0 unspecified atom stereocenters. The Morgan fingerprint density at radius 3 is 1.54 bits per heavy atom. The van der Waals surface area contributed by atoms with E-state index in [-0.39, 0.29) is 30.2 Å². The van der Waals surface area contributed by atoms with Crippen LogP contribution in [-0.2, 0) is 9.47 Å². The molecule has 0 fully saturated rings. The van der Waals surface area contributed by atoms with Crippen LogP contribution in [-0.4, -0.2) is 44.4 Å². The van der Waals surface area contributed by atoms with Crippen molar-refractivity contribution in [3.8, 4) is 0 Å². The fraction of sp³-hybridized carbons (Fsp3) is 0.600. The molecule has 138 valence electrons. The number of rotatable bonds is 6. The van der Waals surface area contributed by atoms with E-state index in [2.05, 4.69) is 52.6 Å². The molecule has 0 saturated carbocycles. The Kier molecular flexibility index (Phi) is 40.3. The van der Waals surface area contributed by atoms with E-state index >= 15 is 0 Å². The van der Waals surface area contributed by atoms with E-state index in [1.165, 1.54) is 19.3 Å². The number of ether oxygens (including phenoxy) is 2. The van der Waals surface area contributed by atoms with Gasteiger partial charge in [0.25, 0.3) is 0 Å². The molecule has 0 aliphatic carbocycles. The molecule has 24 heavy (non-hydrogen) atoms. The molecule has 8 radical (unpaired) electrons. The summed E-state index contributed by atoms with van der Waals surface area (Å²) >= 11 is 0. The van der Waals surface area contributed by atoms with E-state index in [0.29, 0.717) is 0 Å². The summed E-state index contributed by atoms with van der Waals surface area (Å²) in [6.45, 7) is 17.2. The summed E-state index contributed by atoms with van der Waals surface area (Å²) in [4.78, 5) is 0. The number of unbranched alkanes of at least 4 members (excludes halogenated alkanes) is 3. The summed E-state index contributed by atoms with van der Waals surface area (Å²) in [6, 6.07) is 0. The number of nitrogens with zero attached hydrogens (tertiary/aromatic N) is 1. The Labute approximate surface area is 168 Å². The van der Waals surface area contributed by atoms with Gasteiger partial charge in [0.05, 0.1) is 6.20 Å². The molecule has 0 aromatic carbocycles. The minimum absolute atomic E-state index is 0. The zero-order valence-electron chi connectivity index (χ0n) is 16.4. The second-order valence-corrected chi connectivity index (χ2v) is 4.58. The SMILES string of the molecule is COC(OC)C1=C[N]C=C=C1.[CH2]CCC.[CH2]CCC.[CH2]CCC.[Sn]. The third-order valence-electron chi connectivity index (χ3n) is 2.38. The quantitative estimate of drug-likeness (QED) is 0.320. The second-order valence-electron chi connectivity index (χ2n) is 4.58. The van der Waals surface area contributed by atoms with Gasteiger partial charge in [0.2, 0.25) is 0 Å². The summed E-state index contributed by atoms with van der Waals surface area (Å²) in [5.41, 5.74) is 3.71. The Morgan fingerprint density at radius 1 is 0.958 bits per heavy atom. The maximum absolute atomic E-state index is 5.00. The van der Waals surface area contributed by atoms with E-state index in [9.17, 15) is 0 Å². The molecule has 0 atom stereocenters. The van der Waals surface area contributed by atoms with Crippen LogP contribution in [0.5, 0.6) is 0 Å². The van der Waals surface area contributed by atoms with Gasteiger partial charge in [-0.2, -0.15) is 0 Å². The van der Waals surface area contributed by atoms with Crippen molar-refractivity contribution in [3.05, 3.63) is 50.6 Å². The first-order valence-electron chi connectivity index (χ1n) is 8.37. The fourth-order valence-electron chi connectivity index (χ4n) is 0.834. The summed E-state index contributed by atoms with van der Waals surface area (Å²) in [5.74, 6) is 0. The van der Waals surface area contributed by atoms with Gasteiger partial charge in [-0.15, -0.1) is 5.73 Å². The third-order valence-corrected chi connectivity index (χ3v) is 2.38. The summed E-state index contributed by atoms with van der Waals surface area (Å²) in [7, 11) is 3.17. The Morgan fingerprint density at radius 2 is 1.33 bits per heavy atom. The Hall–Kier alpha value is -0.221. The maximum atomic E-state index is 5.00. The molecule has 0 N–H and O–H groups in total. The van der Waals surface area contributed by atoms with Crippen molar-refractivity contribution < 1.29 is 9.47 Å². The molecule has 0 saturated heterocycles. The Bertz CT molecular complexity index is 279. The molecule has 1 aliphatic heterocycles. The first kappa shape index (κ1) is 31.5. The molecule has 1 aliphatic rings. The van der Waals surface area contributed by atoms with Crippen LogP contribution < -0.4 is 5.32 Å². The van der Waals surface area contributed by atoms with E-state index in [1.54, 1.807) is 32.7 Å². The summed E-state index contributed by atoms with van der Waals surface area (Å²) in [5, 5.41) is 3.89. The van der Waals surface area contributed by atoms with E-state index in [0.717, 1.165) is 24.8 Å². The monoisotopic (exact) mass is 443 g/mol. The van der Waals surface area contributed by atoms with Crippen LogP contribution in [0.1, 0.15) is 59.3 Å². The molecule has 0 spiro atoms. The molecule has 0 aromatic heterocycles. The first-order valence-corrected chi connectivity index (χ1v) is 8.37. The third kappa shape index (κ3) is 26.7. The summed E-state index contributed by atoms with van der Waals surface area (Å²) < 4.78 is 10.0. The van der Waals surface area contributed by atoms with E-state index < -0.39 is 0 Å². The van der Waals surface area contributed by atoms with Crippen LogP contribution >= 0.6 is 0 Å². The smallest absolute Gasteiger partial charge is 0.185 e. The van der Waals surface area contributed by atoms with Crippen molar-refractivity contribution in [1.29, 1.82) is 0 Å². The van der Waals surface area contributed by atoms with Gasteiger partial charge in [-0.05, 0) is 6.08 Å². The average molecular weight is 442 g/mol. The fourth-order valence-corrected chi connectivity index (χ4v) is 0.834. The molecular formula is C20H37NO2Sn. The van der Waals surface area contributed by atoms with E-state index in [4.69, 9.17) is 9.47 Å². The van der Waals surface area contributed by atoms with Gasteiger partial charge in [0.15, 0.2) is 6.29 Å². The predicted octanol–water partition coefficient (Wildman–Crippen LogP) is 5.26. The van der Waals surface area contributed by atoms with Crippen LogP contribution in [0.3, 0.4) is 0 Å². The van der Waals surface area contributed by atoms with Gasteiger partial charge in [0, 0.05) is 49.9 Å². The first-order chi connectivity index (χ1) is 11.1. The van der Waals surface area contributed by atoms with Crippen molar-refractivity contribution in [2.24, 2.45) is 0 Å². The van der Waals surface area contributed by atoms with Crippen molar-refractivity contribution in [2.75, 3.05) is 14.2 Å². The number of hydrogen-bond acceptors (Lipinski definition) is 2. The minimum atomic E-state index is -0.333. The van der Waals surface area contributed by atoms with Crippen LogP contribution in [0.25, 0.3) is 0 Å². The summed E-state index contributed by atoms with van der Waals surface area (Å²) in [6.07, 6.45) is 11.6. The maximum Gasteiger partial charge on any atom is 0.185 e. The Balaban J connectivity index is -0.000000130. The van der Waals surface area contributed by atoms with Crippen molar-refractivity contribution in [2.45, 2.75) is 65.6 Å². The van der Waals surface area contributed by atoms with Gasteiger partial charge < -0.3 is 9.47 Å². The molecule has 0 aromatic rings. The molecule has 1 rings (SSSR count). The molecule has 0 bridgehead atoms. The standard InChI is InChI=1S/C8H10NO2.3C4H9.Sn/c1-10-8(11-2)7-4-3-5-9-6-7;3*1-3-4-2;/h4-6,8H,1-2H3;3*1,3-4H2,2H3;. The molecular weight excluding hydrogens is 405 g/mol. The van der Waals surface area contributed by atoms with Crippen molar-refractivity contribution in [1.82, 2.24) is 5.32 Å². The second kappa shape index (κ2) is 30.6. The van der Waals surface area contributed by atoms with Gasteiger partial charge >= 0.3 is 0 Å². The molecule has 1 heterocycles. The largest absolute Gasteiger partial charge is 0.352 e. The van der Waals surface area contributed by atoms with Gasteiger partial charge in [0.1, 0.15) is 0 Å². The van der Waals surface area contributed by atoms with Crippen LogP contribution in [0, 0.1) is 20.8 Å². The van der Waals surface area contributed by atoms with E-state index in [1.807, 2.05) is 0 Å². The van der Waals surface area contributed by atoms with Crippen LogP contribution in [0.2, 0.25) is 0 Å². The predicted molar refractivity (Wildman–Crippen MR) is 107 cm³/mol. The van der Waals surface area contributed by atoms with Crippen LogP contribution in [0.4, 0.5) is 0 Å². The van der Waals surface area contributed by atoms with Crippen molar-refractivity contribution in [3.63, 3.8) is 0 Å².